The predicted octanol–water partition coefficient (Wildman–Crippen LogP) is 2.37. The normalized spacial score (nSPS) is 28.3. The highest BCUT2D eigenvalue weighted by Gasteiger charge is 2.46. The molecule has 3 nitrogen and oxygen atoms in total. The summed E-state index contributed by atoms with van der Waals surface area (Å²) in [6.07, 6.45) is 1.01. The lowest BCUT2D eigenvalue weighted by Gasteiger charge is -2.30. The predicted molar refractivity (Wildman–Crippen MR) is 64.5 cm³/mol. The quantitative estimate of drug-likeness (QED) is 0.806. The molecule has 0 aliphatic carbocycles. The lowest BCUT2D eigenvalue weighted by Crippen LogP contribution is -2.37. The Bertz CT molecular complexity index is 244. The molecule has 1 rings (SSSR count). The molecule has 0 saturated carbocycles. The molecular formula is C13H26O3. The van der Waals surface area contributed by atoms with Gasteiger partial charge in [0.2, 0.25) is 0 Å². The van der Waals surface area contributed by atoms with Crippen molar-refractivity contribution in [2.75, 3.05) is 13.2 Å². The van der Waals surface area contributed by atoms with Crippen molar-refractivity contribution in [3.05, 3.63) is 0 Å². The molecule has 0 aromatic rings. The maximum absolute atomic E-state index is 9.19. The molecular weight excluding hydrogens is 204 g/mol. The zero-order valence-corrected chi connectivity index (χ0v) is 11.5. The number of aliphatic hydroxyl groups excluding tert-OH is 1. The summed E-state index contributed by atoms with van der Waals surface area (Å²) in [6.45, 7) is 13.0. The van der Waals surface area contributed by atoms with E-state index < -0.39 is 0 Å². The van der Waals surface area contributed by atoms with Crippen molar-refractivity contribution in [2.24, 2.45) is 5.41 Å². The summed E-state index contributed by atoms with van der Waals surface area (Å²) in [5.41, 5.74) is -0.532. The van der Waals surface area contributed by atoms with Crippen molar-refractivity contribution >= 4 is 0 Å². The molecule has 0 aromatic heterocycles. The molecule has 1 unspecified atom stereocenters. The zero-order valence-electron chi connectivity index (χ0n) is 11.5. The lowest BCUT2D eigenvalue weighted by molar-refractivity contribution is -0.114. The third kappa shape index (κ3) is 3.44. The average molecular weight is 230 g/mol. The van der Waals surface area contributed by atoms with Gasteiger partial charge in [0.25, 0.3) is 0 Å². The van der Waals surface area contributed by atoms with Gasteiger partial charge in [-0.2, -0.15) is 0 Å². The van der Waals surface area contributed by atoms with Gasteiger partial charge in [0.1, 0.15) is 0 Å². The Morgan fingerprint density at radius 1 is 1.31 bits per heavy atom. The number of hydrogen-bond donors (Lipinski definition) is 1. The van der Waals surface area contributed by atoms with Crippen LogP contribution >= 0.6 is 0 Å². The molecule has 1 heterocycles. The topological polar surface area (TPSA) is 38.7 Å². The third-order valence-electron chi connectivity index (χ3n) is 3.10. The minimum atomic E-state index is -0.241. The standard InChI is InChI=1S/C13H26O3/c1-11(2,8-14)9-15-10-7-12(3,4)16-13(10,5)6/h10,14H,7-9H2,1-6H3. The maximum atomic E-state index is 9.19. The van der Waals surface area contributed by atoms with Gasteiger partial charge in [-0.15, -0.1) is 0 Å². The van der Waals surface area contributed by atoms with Gasteiger partial charge in [0, 0.05) is 11.8 Å². The first kappa shape index (κ1) is 13.9. The second kappa shape index (κ2) is 4.28. The molecule has 1 fully saturated rings. The van der Waals surface area contributed by atoms with Gasteiger partial charge in [0.15, 0.2) is 0 Å². The fourth-order valence-electron chi connectivity index (χ4n) is 2.14. The van der Waals surface area contributed by atoms with Crippen LogP contribution in [-0.2, 0) is 9.47 Å². The van der Waals surface area contributed by atoms with E-state index in [-0.39, 0.29) is 29.3 Å². The Labute approximate surface area is 99.1 Å². The Balaban J connectivity index is 2.55. The zero-order chi connectivity index (χ0) is 12.6. The Hall–Kier alpha value is -0.120. The minimum Gasteiger partial charge on any atom is -0.396 e. The SMILES string of the molecule is CC(C)(CO)COC1CC(C)(C)OC1(C)C. The number of ether oxygens (including phenoxy) is 2. The minimum absolute atomic E-state index is 0.105. The monoisotopic (exact) mass is 230 g/mol. The maximum Gasteiger partial charge on any atom is 0.0895 e. The van der Waals surface area contributed by atoms with Crippen LogP contribution in [0.15, 0.2) is 0 Å². The van der Waals surface area contributed by atoms with Crippen LogP contribution in [0.5, 0.6) is 0 Å². The van der Waals surface area contributed by atoms with Gasteiger partial charge < -0.3 is 14.6 Å². The first-order valence-electron chi connectivity index (χ1n) is 6.01. The van der Waals surface area contributed by atoms with E-state index in [1.165, 1.54) is 0 Å². The van der Waals surface area contributed by atoms with E-state index in [4.69, 9.17) is 9.47 Å². The van der Waals surface area contributed by atoms with Crippen LogP contribution in [-0.4, -0.2) is 35.6 Å². The van der Waals surface area contributed by atoms with E-state index in [1.54, 1.807) is 0 Å². The molecule has 0 spiro atoms. The summed E-state index contributed by atoms with van der Waals surface area (Å²) < 4.78 is 11.9. The van der Waals surface area contributed by atoms with Crippen LogP contribution < -0.4 is 0 Å². The van der Waals surface area contributed by atoms with Crippen molar-refractivity contribution in [3.63, 3.8) is 0 Å². The van der Waals surface area contributed by atoms with Crippen molar-refractivity contribution in [2.45, 2.75) is 65.3 Å². The Morgan fingerprint density at radius 3 is 2.25 bits per heavy atom. The third-order valence-corrected chi connectivity index (χ3v) is 3.10. The molecule has 96 valence electrons. The van der Waals surface area contributed by atoms with Gasteiger partial charge >= 0.3 is 0 Å². The first-order chi connectivity index (χ1) is 7.08. The molecule has 1 atom stereocenters. The highest BCUT2D eigenvalue weighted by molar-refractivity contribution is 4.95. The van der Waals surface area contributed by atoms with Gasteiger partial charge in [-0.3, -0.25) is 0 Å². The summed E-state index contributed by atoms with van der Waals surface area (Å²) >= 11 is 0. The lowest BCUT2D eigenvalue weighted by atomic mass is 9.94. The van der Waals surface area contributed by atoms with Crippen molar-refractivity contribution in [3.8, 4) is 0 Å². The van der Waals surface area contributed by atoms with E-state index in [0.717, 1.165) is 6.42 Å². The number of rotatable bonds is 4. The molecule has 16 heavy (non-hydrogen) atoms. The first-order valence-corrected chi connectivity index (χ1v) is 6.01. The summed E-state index contributed by atoms with van der Waals surface area (Å²) in [5.74, 6) is 0. The summed E-state index contributed by atoms with van der Waals surface area (Å²) in [5, 5.41) is 9.19. The van der Waals surface area contributed by atoms with Crippen LogP contribution in [0.2, 0.25) is 0 Å². The Morgan fingerprint density at radius 2 is 1.88 bits per heavy atom. The highest BCUT2D eigenvalue weighted by atomic mass is 16.6. The van der Waals surface area contributed by atoms with Crippen molar-refractivity contribution in [1.82, 2.24) is 0 Å². The second-order valence-corrected chi connectivity index (χ2v) is 6.79. The van der Waals surface area contributed by atoms with Crippen LogP contribution in [0.25, 0.3) is 0 Å². The van der Waals surface area contributed by atoms with Crippen LogP contribution in [0, 0.1) is 5.41 Å². The van der Waals surface area contributed by atoms with E-state index in [1.807, 2.05) is 13.8 Å². The molecule has 0 aromatic carbocycles. The molecule has 0 amide bonds. The van der Waals surface area contributed by atoms with E-state index in [9.17, 15) is 5.11 Å². The smallest absolute Gasteiger partial charge is 0.0895 e. The van der Waals surface area contributed by atoms with Gasteiger partial charge in [-0.1, -0.05) is 13.8 Å². The highest BCUT2D eigenvalue weighted by Crippen LogP contribution is 2.39. The van der Waals surface area contributed by atoms with Crippen molar-refractivity contribution < 1.29 is 14.6 Å². The summed E-state index contributed by atoms with van der Waals surface area (Å²) in [7, 11) is 0. The summed E-state index contributed by atoms with van der Waals surface area (Å²) in [6, 6.07) is 0. The van der Waals surface area contributed by atoms with E-state index in [0.29, 0.717) is 6.61 Å². The second-order valence-electron chi connectivity index (χ2n) is 6.79. The van der Waals surface area contributed by atoms with Crippen LogP contribution in [0.1, 0.15) is 48.0 Å². The number of hydrogen-bond acceptors (Lipinski definition) is 3. The fourth-order valence-corrected chi connectivity index (χ4v) is 2.14. The largest absolute Gasteiger partial charge is 0.396 e. The Kier molecular flexibility index (Phi) is 3.73. The molecule has 0 bridgehead atoms. The van der Waals surface area contributed by atoms with Crippen LogP contribution in [0.4, 0.5) is 0 Å². The molecule has 1 aliphatic rings. The van der Waals surface area contributed by atoms with E-state index in [2.05, 4.69) is 27.7 Å². The molecule has 0 radical (unpaired) electrons. The molecule has 3 heteroatoms. The van der Waals surface area contributed by atoms with Crippen molar-refractivity contribution in [1.29, 1.82) is 0 Å². The molecule has 1 aliphatic heterocycles. The molecule has 1 saturated heterocycles. The molecule has 1 N–H and O–H groups in total. The van der Waals surface area contributed by atoms with Gasteiger partial charge in [0.05, 0.1) is 30.5 Å². The summed E-state index contributed by atoms with van der Waals surface area (Å²) in [4.78, 5) is 0. The number of aliphatic hydroxyl groups is 1. The van der Waals surface area contributed by atoms with Crippen LogP contribution in [0.3, 0.4) is 0 Å². The van der Waals surface area contributed by atoms with Gasteiger partial charge in [-0.05, 0) is 27.7 Å². The van der Waals surface area contributed by atoms with E-state index >= 15 is 0 Å². The van der Waals surface area contributed by atoms with Gasteiger partial charge in [-0.25, -0.2) is 0 Å². The average Bonchev–Trinajstić information content (AvgIpc) is 2.31. The fraction of sp³-hybridized carbons (Fsp3) is 1.00.